The molecule has 0 aliphatic carbocycles. The minimum Gasteiger partial charge on any atom is -0.354 e. The molecule has 0 spiro atoms. The van der Waals surface area contributed by atoms with Gasteiger partial charge in [-0.05, 0) is 57.4 Å². The van der Waals surface area contributed by atoms with Crippen molar-refractivity contribution in [2.75, 3.05) is 27.2 Å². The van der Waals surface area contributed by atoms with Crippen molar-refractivity contribution < 1.29 is 8.42 Å². The van der Waals surface area contributed by atoms with E-state index in [0.29, 0.717) is 29.3 Å². The van der Waals surface area contributed by atoms with Crippen LogP contribution in [0.15, 0.2) is 52.2 Å². The van der Waals surface area contributed by atoms with Crippen molar-refractivity contribution in [2.24, 2.45) is 0 Å². The van der Waals surface area contributed by atoms with E-state index >= 15 is 0 Å². The number of fused-ring (bicyclic) bond motifs is 2. The number of pyridine rings is 1. The number of benzene rings is 2. The molecule has 25 heavy (non-hydrogen) atoms. The average molecular weight is 359 g/mol. The van der Waals surface area contributed by atoms with Crippen LogP contribution in [0.5, 0.6) is 0 Å². The fourth-order valence-corrected chi connectivity index (χ4v) is 3.85. The first-order valence-electron chi connectivity index (χ1n) is 8.08. The number of hydrogen-bond donors (Lipinski definition) is 2. The van der Waals surface area contributed by atoms with Crippen molar-refractivity contribution in [1.82, 2.24) is 14.6 Å². The van der Waals surface area contributed by atoms with Gasteiger partial charge in [0, 0.05) is 28.4 Å². The lowest BCUT2D eigenvalue weighted by Gasteiger charge is -2.11. The van der Waals surface area contributed by atoms with E-state index in [4.69, 9.17) is 0 Å². The van der Waals surface area contributed by atoms with Crippen molar-refractivity contribution in [2.45, 2.75) is 11.3 Å². The highest BCUT2D eigenvalue weighted by molar-refractivity contribution is 7.89. The highest BCUT2D eigenvalue weighted by Gasteiger charge is 2.15. The number of sulfonamides is 1. The standard InChI is InChI=1S/C18H21N3O3S/c1-21(2)11-5-10-19-25(23,24)13-8-9-17-15(12-13)18(22)14-6-3-4-7-16(14)20-17/h3-4,6-9,12,19H,5,10-11H2,1-2H3,(H,20,22). The average Bonchev–Trinajstić information content (AvgIpc) is 2.58. The number of hydrogen-bond acceptors (Lipinski definition) is 4. The molecule has 0 saturated carbocycles. The quantitative estimate of drug-likeness (QED) is 0.520. The largest absolute Gasteiger partial charge is 0.354 e. The summed E-state index contributed by atoms with van der Waals surface area (Å²) in [6, 6.07) is 11.8. The highest BCUT2D eigenvalue weighted by atomic mass is 32.2. The molecule has 7 heteroatoms. The van der Waals surface area contributed by atoms with Gasteiger partial charge in [-0.2, -0.15) is 0 Å². The summed E-state index contributed by atoms with van der Waals surface area (Å²) in [5.74, 6) is 0. The maximum absolute atomic E-state index is 12.7. The van der Waals surface area contributed by atoms with Crippen LogP contribution in [0.1, 0.15) is 6.42 Å². The Labute approximate surface area is 146 Å². The molecule has 2 N–H and O–H groups in total. The molecule has 132 valence electrons. The van der Waals surface area contributed by atoms with Crippen LogP contribution in [-0.2, 0) is 10.0 Å². The number of H-pyrrole nitrogens is 1. The summed E-state index contributed by atoms with van der Waals surface area (Å²) in [6.45, 7) is 1.15. The van der Waals surface area contributed by atoms with E-state index in [2.05, 4.69) is 9.71 Å². The van der Waals surface area contributed by atoms with Crippen molar-refractivity contribution in [1.29, 1.82) is 0 Å². The third-order valence-electron chi connectivity index (χ3n) is 4.06. The Morgan fingerprint density at radius 3 is 2.52 bits per heavy atom. The lowest BCUT2D eigenvalue weighted by atomic mass is 10.1. The van der Waals surface area contributed by atoms with E-state index in [-0.39, 0.29) is 10.3 Å². The number of nitrogens with one attached hydrogen (secondary N) is 2. The second-order valence-corrected chi connectivity index (χ2v) is 8.03. The molecule has 0 amide bonds. The molecule has 0 unspecified atom stereocenters. The zero-order chi connectivity index (χ0) is 18.0. The highest BCUT2D eigenvalue weighted by Crippen LogP contribution is 2.18. The Hall–Kier alpha value is -2.22. The Bertz CT molecular complexity index is 1070. The van der Waals surface area contributed by atoms with E-state index in [1.165, 1.54) is 12.1 Å². The number of nitrogens with zero attached hydrogens (tertiary/aromatic N) is 1. The molecule has 0 aliphatic heterocycles. The number of para-hydroxylation sites is 1. The second kappa shape index (κ2) is 6.95. The van der Waals surface area contributed by atoms with Gasteiger partial charge in [-0.15, -0.1) is 0 Å². The van der Waals surface area contributed by atoms with E-state index in [0.717, 1.165) is 12.1 Å². The van der Waals surface area contributed by atoms with Gasteiger partial charge in [-0.3, -0.25) is 4.79 Å². The maximum Gasteiger partial charge on any atom is 0.240 e. The van der Waals surface area contributed by atoms with Crippen LogP contribution in [0.3, 0.4) is 0 Å². The molecule has 3 rings (SSSR count). The summed E-state index contributed by atoms with van der Waals surface area (Å²) in [5.41, 5.74) is 1.18. The second-order valence-electron chi connectivity index (χ2n) is 6.26. The number of rotatable bonds is 6. The lowest BCUT2D eigenvalue weighted by Crippen LogP contribution is -2.27. The molecule has 0 aliphatic rings. The lowest BCUT2D eigenvalue weighted by molar-refractivity contribution is 0.400. The van der Waals surface area contributed by atoms with E-state index < -0.39 is 10.0 Å². The Balaban J connectivity index is 1.96. The molecule has 1 heterocycles. The van der Waals surface area contributed by atoms with Crippen LogP contribution >= 0.6 is 0 Å². The predicted octanol–water partition coefficient (Wildman–Crippen LogP) is 1.91. The summed E-state index contributed by atoms with van der Waals surface area (Å²) >= 11 is 0. The first-order chi connectivity index (χ1) is 11.9. The Kier molecular flexibility index (Phi) is 4.89. The van der Waals surface area contributed by atoms with Gasteiger partial charge in [0.25, 0.3) is 0 Å². The summed E-state index contributed by atoms with van der Waals surface area (Å²) in [6.07, 6.45) is 0.713. The minimum atomic E-state index is -3.64. The zero-order valence-electron chi connectivity index (χ0n) is 14.2. The van der Waals surface area contributed by atoms with Gasteiger partial charge in [0.15, 0.2) is 5.43 Å². The van der Waals surface area contributed by atoms with Crippen molar-refractivity contribution in [3.63, 3.8) is 0 Å². The first kappa shape index (κ1) is 17.6. The van der Waals surface area contributed by atoms with Crippen LogP contribution in [0.4, 0.5) is 0 Å². The van der Waals surface area contributed by atoms with Gasteiger partial charge >= 0.3 is 0 Å². The number of aromatic amines is 1. The van der Waals surface area contributed by atoms with Gasteiger partial charge in [0.05, 0.1) is 4.90 Å². The molecule has 6 nitrogen and oxygen atoms in total. The van der Waals surface area contributed by atoms with Gasteiger partial charge in [0.2, 0.25) is 10.0 Å². The van der Waals surface area contributed by atoms with Crippen molar-refractivity contribution in [3.05, 3.63) is 52.7 Å². The van der Waals surface area contributed by atoms with Crippen LogP contribution in [-0.4, -0.2) is 45.5 Å². The van der Waals surface area contributed by atoms with Gasteiger partial charge in [0.1, 0.15) is 0 Å². The molecular formula is C18H21N3O3S. The molecule has 0 fully saturated rings. The maximum atomic E-state index is 12.7. The van der Waals surface area contributed by atoms with E-state index in [9.17, 15) is 13.2 Å². The topological polar surface area (TPSA) is 82.3 Å². The van der Waals surface area contributed by atoms with Gasteiger partial charge < -0.3 is 9.88 Å². The number of aromatic nitrogens is 1. The monoisotopic (exact) mass is 359 g/mol. The SMILES string of the molecule is CN(C)CCCNS(=O)(=O)c1ccc2[nH]c3ccccc3c(=O)c2c1. The fourth-order valence-electron chi connectivity index (χ4n) is 2.75. The fraction of sp³-hybridized carbons (Fsp3) is 0.278. The van der Waals surface area contributed by atoms with Crippen LogP contribution < -0.4 is 10.2 Å². The molecule has 3 aromatic rings. The first-order valence-corrected chi connectivity index (χ1v) is 9.56. The zero-order valence-corrected chi connectivity index (χ0v) is 15.1. The molecule has 0 bridgehead atoms. The van der Waals surface area contributed by atoms with Gasteiger partial charge in [-0.25, -0.2) is 13.1 Å². The molecule has 1 aromatic heterocycles. The Morgan fingerprint density at radius 1 is 1.04 bits per heavy atom. The third kappa shape index (κ3) is 3.73. The van der Waals surface area contributed by atoms with Crippen LogP contribution in [0.25, 0.3) is 21.8 Å². The molecular weight excluding hydrogens is 338 g/mol. The normalized spacial score (nSPS) is 12.3. The summed E-state index contributed by atoms with van der Waals surface area (Å²) < 4.78 is 27.5. The Morgan fingerprint density at radius 2 is 1.76 bits per heavy atom. The summed E-state index contributed by atoms with van der Waals surface area (Å²) in [7, 11) is 0.237. The van der Waals surface area contributed by atoms with Crippen LogP contribution in [0, 0.1) is 0 Å². The van der Waals surface area contributed by atoms with Crippen molar-refractivity contribution in [3.8, 4) is 0 Å². The van der Waals surface area contributed by atoms with Crippen LogP contribution in [0.2, 0.25) is 0 Å². The van der Waals surface area contributed by atoms with E-state index in [1.54, 1.807) is 18.2 Å². The minimum absolute atomic E-state index is 0.102. The molecule has 0 atom stereocenters. The third-order valence-corrected chi connectivity index (χ3v) is 5.52. The molecule has 0 saturated heterocycles. The summed E-state index contributed by atoms with van der Waals surface area (Å²) in [4.78, 5) is 17.9. The van der Waals surface area contributed by atoms with Crippen molar-refractivity contribution >= 4 is 31.8 Å². The predicted molar refractivity (Wildman–Crippen MR) is 100 cm³/mol. The summed E-state index contributed by atoms with van der Waals surface area (Å²) in [5, 5.41) is 0.915. The smallest absolute Gasteiger partial charge is 0.240 e. The molecule has 0 radical (unpaired) electrons. The molecule has 2 aromatic carbocycles. The van der Waals surface area contributed by atoms with Gasteiger partial charge in [-0.1, -0.05) is 12.1 Å². The van der Waals surface area contributed by atoms with E-state index in [1.807, 2.05) is 31.1 Å².